The van der Waals surface area contributed by atoms with Gasteiger partial charge in [-0.3, -0.25) is 4.79 Å². The van der Waals surface area contributed by atoms with Gasteiger partial charge in [-0.05, 0) is 39.0 Å². The molecule has 2 aromatic rings. The Morgan fingerprint density at radius 1 is 1.33 bits per heavy atom. The number of furan rings is 1. The fraction of sp³-hybridized carbons (Fsp3) is 0.267. The van der Waals surface area contributed by atoms with Gasteiger partial charge in [0.15, 0.2) is 0 Å². The summed E-state index contributed by atoms with van der Waals surface area (Å²) in [5, 5.41) is 11.7. The molecule has 6 nitrogen and oxygen atoms in total. The maximum absolute atomic E-state index is 12.2. The van der Waals surface area contributed by atoms with Gasteiger partial charge in [-0.2, -0.15) is 0 Å². The Bertz CT molecular complexity index is 691. The Hall–Kier alpha value is -2.63. The summed E-state index contributed by atoms with van der Waals surface area (Å²) in [5.74, 6) is 0.00609. The lowest BCUT2D eigenvalue weighted by molar-refractivity contribution is 0.0690. The van der Waals surface area contributed by atoms with Gasteiger partial charge in [0.1, 0.15) is 17.2 Å². The van der Waals surface area contributed by atoms with E-state index < -0.39 is 5.97 Å². The molecule has 0 fully saturated rings. The van der Waals surface area contributed by atoms with Crippen LogP contribution in [0.5, 0.6) is 0 Å². The lowest BCUT2D eigenvalue weighted by atomic mass is 10.1. The van der Waals surface area contributed by atoms with Crippen molar-refractivity contribution in [1.82, 2.24) is 10.3 Å². The number of aromatic nitrogens is 1. The molecule has 0 aliphatic carbocycles. The minimum Gasteiger partial charge on any atom is -0.477 e. The molecule has 2 N–H and O–H groups in total. The summed E-state index contributed by atoms with van der Waals surface area (Å²) in [7, 11) is 0. The third-order valence-electron chi connectivity index (χ3n) is 3.13. The number of hydrogen-bond donors (Lipinski definition) is 2. The molecule has 2 heterocycles. The first-order valence-corrected chi connectivity index (χ1v) is 6.45. The molecule has 21 heavy (non-hydrogen) atoms. The Balaban J connectivity index is 2.16. The molecule has 6 heteroatoms. The molecule has 0 aliphatic rings. The van der Waals surface area contributed by atoms with Gasteiger partial charge in [-0.1, -0.05) is 0 Å². The van der Waals surface area contributed by atoms with Crippen molar-refractivity contribution in [1.29, 1.82) is 0 Å². The minimum absolute atomic E-state index is 0.161. The number of pyridine rings is 1. The first-order chi connectivity index (χ1) is 9.88. The Morgan fingerprint density at radius 3 is 2.62 bits per heavy atom. The van der Waals surface area contributed by atoms with Crippen LogP contribution >= 0.6 is 0 Å². The monoisotopic (exact) mass is 288 g/mol. The van der Waals surface area contributed by atoms with Crippen molar-refractivity contribution in [3.05, 3.63) is 52.7 Å². The first-order valence-electron chi connectivity index (χ1n) is 6.45. The third-order valence-corrected chi connectivity index (χ3v) is 3.13. The van der Waals surface area contributed by atoms with Crippen molar-refractivity contribution in [2.45, 2.75) is 26.8 Å². The highest BCUT2D eigenvalue weighted by Gasteiger charge is 2.17. The number of amides is 1. The molecule has 0 saturated carbocycles. The van der Waals surface area contributed by atoms with E-state index in [9.17, 15) is 9.59 Å². The molecule has 1 unspecified atom stereocenters. The van der Waals surface area contributed by atoms with E-state index in [0.29, 0.717) is 0 Å². The molecule has 0 aromatic carbocycles. The molecule has 1 atom stereocenters. The molecular formula is C15H16N2O4. The SMILES string of the molecule is Cc1cc(C(C)NC(=O)c2ccnc(C(=O)O)c2)c(C)o1. The number of aryl methyl sites for hydroxylation is 2. The van der Waals surface area contributed by atoms with Gasteiger partial charge in [0.2, 0.25) is 0 Å². The molecule has 2 aromatic heterocycles. The highest BCUT2D eigenvalue weighted by atomic mass is 16.4. The summed E-state index contributed by atoms with van der Waals surface area (Å²) in [5.41, 5.74) is 0.992. The average molecular weight is 288 g/mol. The van der Waals surface area contributed by atoms with Gasteiger partial charge in [-0.25, -0.2) is 9.78 Å². The average Bonchev–Trinajstić information content (AvgIpc) is 2.77. The van der Waals surface area contributed by atoms with E-state index in [4.69, 9.17) is 9.52 Å². The Kier molecular flexibility index (Phi) is 4.07. The number of hydrogen-bond acceptors (Lipinski definition) is 4. The lowest BCUT2D eigenvalue weighted by Crippen LogP contribution is -2.27. The van der Waals surface area contributed by atoms with E-state index in [0.717, 1.165) is 17.1 Å². The van der Waals surface area contributed by atoms with Crippen LogP contribution in [0.4, 0.5) is 0 Å². The van der Waals surface area contributed by atoms with Gasteiger partial charge in [0, 0.05) is 17.3 Å². The molecule has 0 saturated heterocycles. The van der Waals surface area contributed by atoms with E-state index in [1.807, 2.05) is 26.8 Å². The second kappa shape index (κ2) is 5.78. The molecule has 110 valence electrons. The number of carboxylic acids is 1. The molecule has 0 radical (unpaired) electrons. The van der Waals surface area contributed by atoms with Gasteiger partial charge in [0.05, 0.1) is 6.04 Å². The van der Waals surface area contributed by atoms with Crippen molar-refractivity contribution in [3.63, 3.8) is 0 Å². The van der Waals surface area contributed by atoms with Gasteiger partial charge < -0.3 is 14.8 Å². The number of aromatic carboxylic acids is 1. The third kappa shape index (κ3) is 3.28. The van der Waals surface area contributed by atoms with Crippen LogP contribution in [-0.4, -0.2) is 22.0 Å². The van der Waals surface area contributed by atoms with E-state index in [2.05, 4.69) is 10.3 Å². The van der Waals surface area contributed by atoms with E-state index in [-0.39, 0.29) is 23.2 Å². The number of carbonyl (C=O) groups is 2. The van der Waals surface area contributed by atoms with Gasteiger partial charge >= 0.3 is 5.97 Å². The second-order valence-corrected chi connectivity index (χ2v) is 4.80. The standard InChI is InChI=1S/C15H16N2O4/c1-8-6-12(10(3)21-8)9(2)17-14(18)11-4-5-16-13(7-11)15(19)20/h4-7,9H,1-3H3,(H,17,18)(H,19,20). The molecule has 0 bridgehead atoms. The van der Waals surface area contributed by atoms with E-state index in [1.54, 1.807) is 0 Å². The fourth-order valence-electron chi connectivity index (χ4n) is 2.13. The number of nitrogens with zero attached hydrogens (tertiary/aromatic N) is 1. The normalized spacial score (nSPS) is 12.0. The summed E-state index contributed by atoms with van der Waals surface area (Å²) in [4.78, 5) is 26.7. The van der Waals surface area contributed by atoms with Crippen LogP contribution < -0.4 is 5.32 Å². The highest BCUT2D eigenvalue weighted by Crippen LogP contribution is 2.21. The van der Waals surface area contributed by atoms with E-state index in [1.165, 1.54) is 18.3 Å². The summed E-state index contributed by atoms with van der Waals surface area (Å²) < 4.78 is 5.43. The number of carboxylic acid groups (broad SMARTS) is 1. The van der Waals surface area contributed by atoms with Crippen LogP contribution in [0.2, 0.25) is 0 Å². The van der Waals surface area contributed by atoms with Crippen molar-refractivity contribution in [3.8, 4) is 0 Å². The summed E-state index contributed by atoms with van der Waals surface area (Å²) in [6.07, 6.45) is 1.30. The van der Waals surface area contributed by atoms with Crippen LogP contribution in [0.3, 0.4) is 0 Å². The van der Waals surface area contributed by atoms with Crippen molar-refractivity contribution in [2.75, 3.05) is 0 Å². The minimum atomic E-state index is -1.17. The topological polar surface area (TPSA) is 92.4 Å². The maximum Gasteiger partial charge on any atom is 0.354 e. The van der Waals surface area contributed by atoms with Crippen LogP contribution in [0.15, 0.2) is 28.8 Å². The van der Waals surface area contributed by atoms with Crippen LogP contribution in [0.1, 0.15) is 50.9 Å². The molecule has 2 rings (SSSR count). The number of nitrogens with one attached hydrogen (secondary N) is 1. The molecular weight excluding hydrogens is 272 g/mol. The zero-order valence-electron chi connectivity index (χ0n) is 12.0. The maximum atomic E-state index is 12.2. The second-order valence-electron chi connectivity index (χ2n) is 4.80. The van der Waals surface area contributed by atoms with Crippen molar-refractivity contribution in [2.24, 2.45) is 0 Å². The predicted molar refractivity (Wildman–Crippen MR) is 75.3 cm³/mol. The van der Waals surface area contributed by atoms with Crippen LogP contribution in [0.25, 0.3) is 0 Å². The zero-order valence-corrected chi connectivity index (χ0v) is 12.0. The molecule has 0 spiro atoms. The zero-order chi connectivity index (χ0) is 15.6. The first kappa shape index (κ1) is 14.8. The Labute approximate surface area is 121 Å². The van der Waals surface area contributed by atoms with Crippen molar-refractivity contribution >= 4 is 11.9 Å². The van der Waals surface area contributed by atoms with Crippen molar-refractivity contribution < 1.29 is 19.1 Å². The van der Waals surface area contributed by atoms with Gasteiger partial charge in [-0.15, -0.1) is 0 Å². The Morgan fingerprint density at radius 2 is 2.05 bits per heavy atom. The highest BCUT2D eigenvalue weighted by molar-refractivity contribution is 5.96. The van der Waals surface area contributed by atoms with Gasteiger partial charge in [0.25, 0.3) is 5.91 Å². The molecule has 0 aliphatic heterocycles. The van der Waals surface area contributed by atoms with Crippen LogP contribution in [0, 0.1) is 13.8 Å². The lowest BCUT2D eigenvalue weighted by Gasteiger charge is -2.13. The predicted octanol–water partition coefficient (Wildman–Crippen LogP) is 2.48. The quantitative estimate of drug-likeness (QED) is 0.901. The summed E-state index contributed by atoms with van der Waals surface area (Å²) >= 11 is 0. The number of carbonyl (C=O) groups excluding carboxylic acids is 1. The molecule has 1 amide bonds. The largest absolute Gasteiger partial charge is 0.477 e. The summed E-state index contributed by atoms with van der Waals surface area (Å²) in [6, 6.07) is 4.35. The van der Waals surface area contributed by atoms with Crippen LogP contribution in [-0.2, 0) is 0 Å². The smallest absolute Gasteiger partial charge is 0.354 e. The fourth-order valence-corrected chi connectivity index (χ4v) is 2.13. The van der Waals surface area contributed by atoms with E-state index >= 15 is 0 Å². The summed E-state index contributed by atoms with van der Waals surface area (Å²) in [6.45, 7) is 5.52. The number of rotatable bonds is 4.